The van der Waals surface area contributed by atoms with Crippen LogP contribution in [0, 0.1) is 0 Å². The van der Waals surface area contributed by atoms with Gasteiger partial charge in [0.05, 0.1) is 0 Å². The van der Waals surface area contributed by atoms with Gasteiger partial charge in [0.25, 0.3) is 10.1 Å². The molecule has 0 bridgehead atoms. The summed E-state index contributed by atoms with van der Waals surface area (Å²) in [6.45, 7) is 0. The van der Waals surface area contributed by atoms with Crippen molar-refractivity contribution in [3.8, 4) is 0 Å². The minimum Gasteiger partial charge on any atom is -0.285 e. The third-order valence-corrected chi connectivity index (χ3v) is 3.45. The molecule has 0 amide bonds. The summed E-state index contributed by atoms with van der Waals surface area (Å²) in [5.74, 6) is -0.319. The van der Waals surface area contributed by atoms with Crippen LogP contribution in [0.2, 0.25) is 0 Å². The van der Waals surface area contributed by atoms with Crippen molar-refractivity contribution in [1.29, 1.82) is 0 Å². The van der Waals surface area contributed by atoms with E-state index in [1.807, 2.05) is 17.5 Å². The van der Waals surface area contributed by atoms with Gasteiger partial charge >= 0.3 is 0 Å². The van der Waals surface area contributed by atoms with Gasteiger partial charge in [0, 0.05) is 4.70 Å². The fourth-order valence-corrected chi connectivity index (χ4v) is 2.75. The maximum Gasteiger partial charge on any atom is 0.269 e. The van der Waals surface area contributed by atoms with E-state index < -0.39 is 10.1 Å². The lowest BCUT2D eigenvalue weighted by Crippen LogP contribution is -2.00. The zero-order valence-electron chi connectivity index (χ0n) is 7.17. The van der Waals surface area contributed by atoms with E-state index in [1.54, 1.807) is 23.5 Å². The first-order valence-corrected chi connectivity index (χ1v) is 6.45. The Labute approximate surface area is 85.7 Å². The molecule has 0 aliphatic rings. The summed E-state index contributed by atoms with van der Waals surface area (Å²) >= 11 is 1.55. The Morgan fingerprint density at radius 3 is 2.79 bits per heavy atom. The number of fused-ring (bicyclic) bond motifs is 1. The van der Waals surface area contributed by atoms with Crippen molar-refractivity contribution in [3.05, 3.63) is 35.2 Å². The van der Waals surface area contributed by atoms with Crippen LogP contribution >= 0.6 is 11.3 Å². The smallest absolute Gasteiger partial charge is 0.269 e. The van der Waals surface area contributed by atoms with Crippen LogP contribution in [0.25, 0.3) is 10.1 Å². The molecule has 0 saturated heterocycles. The molecule has 3 nitrogen and oxygen atoms in total. The largest absolute Gasteiger partial charge is 0.285 e. The molecule has 5 heteroatoms. The van der Waals surface area contributed by atoms with E-state index in [0.29, 0.717) is 5.56 Å². The molecule has 0 atom stereocenters. The molecule has 1 aromatic carbocycles. The van der Waals surface area contributed by atoms with Gasteiger partial charge in [-0.15, -0.1) is 11.3 Å². The van der Waals surface area contributed by atoms with Gasteiger partial charge in [0.1, 0.15) is 5.75 Å². The minimum absolute atomic E-state index is 0.319. The molecule has 0 spiro atoms. The van der Waals surface area contributed by atoms with Crippen LogP contribution in [-0.4, -0.2) is 13.0 Å². The Balaban J connectivity index is 2.44. The molecule has 1 N–H and O–H groups in total. The van der Waals surface area contributed by atoms with E-state index in [9.17, 15) is 8.42 Å². The average Bonchev–Trinajstić information content (AvgIpc) is 2.47. The van der Waals surface area contributed by atoms with Crippen molar-refractivity contribution in [2.45, 2.75) is 5.75 Å². The van der Waals surface area contributed by atoms with Gasteiger partial charge in [-0.05, 0) is 28.5 Å². The Hall–Kier alpha value is -0.910. The van der Waals surface area contributed by atoms with Crippen molar-refractivity contribution in [2.24, 2.45) is 0 Å². The molecule has 14 heavy (non-hydrogen) atoms. The summed E-state index contributed by atoms with van der Waals surface area (Å²) in [7, 11) is -3.92. The molecule has 1 aromatic heterocycles. The van der Waals surface area contributed by atoms with Crippen molar-refractivity contribution in [1.82, 2.24) is 0 Å². The summed E-state index contributed by atoms with van der Waals surface area (Å²) < 4.78 is 31.0. The molecule has 0 aliphatic heterocycles. The third-order valence-electron chi connectivity index (χ3n) is 1.87. The van der Waals surface area contributed by atoms with Gasteiger partial charge in [-0.1, -0.05) is 12.1 Å². The SMILES string of the molecule is O=S(=O)(O)Cc1ccc2ccsc2c1. The number of hydrogen-bond donors (Lipinski definition) is 1. The highest BCUT2D eigenvalue weighted by molar-refractivity contribution is 7.85. The predicted molar refractivity (Wildman–Crippen MR) is 57.1 cm³/mol. The Morgan fingerprint density at radius 2 is 2.07 bits per heavy atom. The number of thiophene rings is 1. The highest BCUT2D eigenvalue weighted by Gasteiger charge is 2.07. The van der Waals surface area contributed by atoms with E-state index in [4.69, 9.17) is 4.55 Å². The molecule has 1 heterocycles. The molecular formula is C9H8O3S2. The molecule has 2 aromatic rings. The van der Waals surface area contributed by atoms with Gasteiger partial charge in [0.2, 0.25) is 0 Å². The lowest BCUT2D eigenvalue weighted by molar-refractivity contribution is 0.482. The van der Waals surface area contributed by atoms with Gasteiger partial charge in [0.15, 0.2) is 0 Å². The van der Waals surface area contributed by atoms with Gasteiger partial charge in [-0.25, -0.2) is 0 Å². The molecule has 0 aliphatic carbocycles. The standard InChI is InChI=1S/C9H8O3S2/c10-14(11,12)6-7-1-2-8-3-4-13-9(8)5-7/h1-5H,6H2,(H,10,11,12). The van der Waals surface area contributed by atoms with Gasteiger partial charge in [-0.3, -0.25) is 4.55 Å². The number of hydrogen-bond acceptors (Lipinski definition) is 3. The first kappa shape index (κ1) is 9.64. The zero-order valence-corrected chi connectivity index (χ0v) is 8.81. The van der Waals surface area contributed by atoms with E-state index >= 15 is 0 Å². The molecular weight excluding hydrogens is 220 g/mol. The summed E-state index contributed by atoms with van der Waals surface area (Å²) in [6, 6.07) is 7.32. The van der Waals surface area contributed by atoms with Crippen LogP contribution in [0.5, 0.6) is 0 Å². The van der Waals surface area contributed by atoms with Crippen LogP contribution in [-0.2, 0) is 15.9 Å². The van der Waals surface area contributed by atoms with Gasteiger partial charge in [-0.2, -0.15) is 8.42 Å². The third kappa shape index (κ3) is 2.12. The quantitative estimate of drug-likeness (QED) is 0.802. The maximum absolute atomic E-state index is 10.6. The number of benzene rings is 1. The van der Waals surface area contributed by atoms with E-state index in [2.05, 4.69) is 0 Å². The molecule has 0 saturated carbocycles. The normalized spacial score (nSPS) is 12.1. The van der Waals surface area contributed by atoms with Crippen molar-refractivity contribution < 1.29 is 13.0 Å². The summed E-state index contributed by atoms with van der Waals surface area (Å²) in [5.41, 5.74) is 0.613. The molecule has 0 unspecified atom stereocenters. The maximum atomic E-state index is 10.6. The van der Waals surface area contributed by atoms with Crippen molar-refractivity contribution in [3.63, 3.8) is 0 Å². The molecule has 2 rings (SSSR count). The fourth-order valence-electron chi connectivity index (χ4n) is 1.30. The predicted octanol–water partition coefficient (Wildman–Crippen LogP) is 2.29. The van der Waals surface area contributed by atoms with E-state index in [0.717, 1.165) is 10.1 Å². The van der Waals surface area contributed by atoms with Crippen LogP contribution in [0.15, 0.2) is 29.6 Å². The Kier molecular flexibility index (Phi) is 2.30. The first-order chi connectivity index (χ1) is 6.54. The Bertz CT molecular complexity index is 554. The lowest BCUT2D eigenvalue weighted by atomic mass is 10.2. The Morgan fingerprint density at radius 1 is 1.29 bits per heavy atom. The second kappa shape index (κ2) is 3.34. The van der Waals surface area contributed by atoms with Crippen LogP contribution in [0.4, 0.5) is 0 Å². The molecule has 0 fully saturated rings. The zero-order chi connectivity index (χ0) is 10.2. The fraction of sp³-hybridized carbons (Fsp3) is 0.111. The van der Waals surface area contributed by atoms with Gasteiger partial charge < -0.3 is 0 Å². The monoisotopic (exact) mass is 228 g/mol. The highest BCUT2D eigenvalue weighted by Crippen LogP contribution is 2.22. The summed E-state index contributed by atoms with van der Waals surface area (Å²) in [6.07, 6.45) is 0. The summed E-state index contributed by atoms with van der Waals surface area (Å²) in [5, 5.41) is 3.04. The molecule has 0 radical (unpaired) electrons. The van der Waals surface area contributed by atoms with Crippen LogP contribution in [0.3, 0.4) is 0 Å². The first-order valence-electron chi connectivity index (χ1n) is 3.96. The summed E-state index contributed by atoms with van der Waals surface area (Å²) in [4.78, 5) is 0. The van der Waals surface area contributed by atoms with E-state index in [-0.39, 0.29) is 5.75 Å². The van der Waals surface area contributed by atoms with Crippen LogP contribution in [0.1, 0.15) is 5.56 Å². The van der Waals surface area contributed by atoms with Crippen LogP contribution < -0.4 is 0 Å². The highest BCUT2D eigenvalue weighted by atomic mass is 32.2. The van der Waals surface area contributed by atoms with E-state index in [1.165, 1.54) is 0 Å². The average molecular weight is 228 g/mol. The lowest BCUT2D eigenvalue weighted by Gasteiger charge is -1.98. The van der Waals surface area contributed by atoms with Crippen molar-refractivity contribution >= 4 is 31.5 Å². The minimum atomic E-state index is -3.92. The number of rotatable bonds is 2. The molecule has 74 valence electrons. The second-order valence-electron chi connectivity index (χ2n) is 3.02. The van der Waals surface area contributed by atoms with Crippen molar-refractivity contribution in [2.75, 3.05) is 0 Å². The second-order valence-corrected chi connectivity index (χ2v) is 5.42. The topological polar surface area (TPSA) is 54.4 Å².